The van der Waals surface area contributed by atoms with Gasteiger partial charge in [0.1, 0.15) is 5.82 Å². The lowest BCUT2D eigenvalue weighted by Crippen LogP contribution is -1.99. The van der Waals surface area contributed by atoms with Crippen LogP contribution in [0.4, 0.5) is 21.6 Å². The van der Waals surface area contributed by atoms with Crippen molar-refractivity contribution in [3.63, 3.8) is 0 Å². The Hall–Kier alpha value is -2.50. The molecule has 2 aromatic rings. The molecular formula is C12H10FN3O2. The van der Waals surface area contributed by atoms with Crippen molar-refractivity contribution >= 4 is 17.2 Å². The van der Waals surface area contributed by atoms with E-state index in [0.29, 0.717) is 11.3 Å². The van der Waals surface area contributed by atoms with Gasteiger partial charge in [-0.2, -0.15) is 0 Å². The molecule has 0 atom stereocenters. The second-order valence-electron chi connectivity index (χ2n) is 3.72. The molecule has 0 aliphatic carbocycles. The lowest BCUT2D eigenvalue weighted by Gasteiger charge is -2.06. The van der Waals surface area contributed by atoms with E-state index in [-0.39, 0.29) is 17.3 Å². The summed E-state index contributed by atoms with van der Waals surface area (Å²) in [6.07, 6.45) is 1.43. The summed E-state index contributed by atoms with van der Waals surface area (Å²) >= 11 is 0. The molecule has 92 valence electrons. The van der Waals surface area contributed by atoms with Crippen molar-refractivity contribution in [1.82, 2.24) is 4.98 Å². The van der Waals surface area contributed by atoms with Gasteiger partial charge in [-0.3, -0.25) is 10.1 Å². The van der Waals surface area contributed by atoms with Crippen LogP contribution < -0.4 is 5.32 Å². The molecule has 0 amide bonds. The summed E-state index contributed by atoms with van der Waals surface area (Å²) in [6, 6.07) is 7.30. The highest BCUT2D eigenvalue weighted by atomic mass is 19.1. The molecule has 0 fully saturated rings. The molecule has 0 aliphatic rings. The first-order valence-electron chi connectivity index (χ1n) is 5.20. The van der Waals surface area contributed by atoms with Crippen molar-refractivity contribution in [3.8, 4) is 0 Å². The van der Waals surface area contributed by atoms with Crippen LogP contribution in [0.25, 0.3) is 0 Å². The first kappa shape index (κ1) is 12.0. The Balaban J connectivity index is 2.34. The van der Waals surface area contributed by atoms with Crippen LogP contribution in [0.5, 0.6) is 0 Å². The van der Waals surface area contributed by atoms with Gasteiger partial charge in [0.05, 0.1) is 4.92 Å². The Kier molecular flexibility index (Phi) is 3.18. The zero-order chi connectivity index (χ0) is 13.1. The predicted molar refractivity (Wildman–Crippen MR) is 65.3 cm³/mol. The molecule has 1 heterocycles. The molecule has 0 unspecified atom stereocenters. The number of benzene rings is 1. The van der Waals surface area contributed by atoms with Crippen LogP contribution in [0.1, 0.15) is 5.56 Å². The molecular weight excluding hydrogens is 237 g/mol. The summed E-state index contributed by atoms with van der Waals surface area (Å²) in [5, 5.41) is 13.5. The molecule has 0 aliphatic heterocycles. The number of nitrogens with zero attached hydrogens (tertiary/aromatic N) is 2. The van der Waals surface area contributed by atoms with E-state index < -0.39 is 4.92 Å². The quantitative estimate of drug-likeness (QED) is 0.668. The van der Waals surface area contributed by atoms with Gasteiger partial charge in [-0.05, 0) is 30.7 Å². The number of anilines is 2. The summed E-state index contributed by atoms with van der Waals surface area (Å²) in [5.41, 5.74) is 0.773. The number of halogens is 1. The average molecular weight is 247 g/mol. The Labute approximate surface area is 102 Å². The zero-order valence-corrected chi connectivity index (χ0v) is 9.55. The molecule has 0 bridgehead atoms. The van der Waals surface area contributed by atoms with Gasteiger partial charge in [-0.1, -0.05) is 6.07 Å². The monoisotopic (exact) mass is 247 g/mol. The molecule has 0 spiro atoms. The summed E-state index contributed by atoms with van der Waals surface area (Å²) in [7, 11) is 0. The number of rotatable bonds is 3. The third-order valence-corrected chi connectivity index (χ3v) is 2.42. The standard InChI is InChI=1S/C12H10FN3O2/c1-8-4-5-9(7-10(8)13)15-12-11(16(17)18)3-2-6-14-12/h2-7H,1H3,(H,14,15). The van der Waals surface area contributed by atoms with E-state index in [2.05, 4.69) is 10.3 Å². The number of nitrogens with one attached hydrogen (secondary N) is 1. The highest BCUT2D eigenvalue weighted by Crippen LogP contribution is 2.25. The summed E-state index contributed by atoms with van der Waals surface area (Å²) in [5.74, 6) is -0.288. The predicted octanol–water partition coefficient (Wildman–Crippen LogP) is 3.18. The van der Waals surface area contributed by atoms with Gasteiger partial charge >= 0.3 is 5.69 Å². The van der Waals surface area contributed by atoms with Crippen LogP contribution in [0.15, 0.2) is 36.5 Å². The number of nitro groups is 1. The second-order valence-corrected chi connectivity index (χ2v) is 3.72. The lowest BCUT2D eigenvalue weighted by molar-refractivity contribution is -0.384. The van der Waals surface area contributed by atoms with Gasteiger partial charge in [0, 0.05) is 18.0 Å². The van der Waals surface area contributed by atoms with E-state index in [0.717, 1.165) is 0 Å². The minimum Gasteiger partial charge on any atom is -0.334 e. The maximum atomic E-state index is 13.3. The normalized spacial score (nSPS) is 10.1. The molecule has 0 saturated heterocycles. The van der Waals surface area contributed by atoms with E-state index in [9.17, 15) is 14.5 Å². The maximum Gasteiger partial charge on any atom is 0.311 e. The van der Waals surface area contributed by atoms with E-state index in [4.69, 9.17) is 0 Å². The zero-order valence-electron chi connectivity index (χ0n) is 9.55. The van der Waals surface area contributed by atoms with Crippen LogP contribution in [0.3, 0.4) is 0 Å². The number of pyridine rings is 1. The van der Waals surface area contributed by atoms with Gasteiger partial charge in [-0.15, -0.1) is 0 Å². The third kappa shape index (κ3) is 2.42. The van der Waals surface area contributed by atoms with Crippen LogP contribution in [-0.2, 0) is 0 Å². The van der Waals surface area contributed by atoms with E-state index in [1.54, 1.807) is 19.1 Å². The van der Waals surface area contributed by atoms with Gasteiger partial charge < -0.3 is 5.32 Å². The summed E-state index contributed by atoms with van der Waals surface area (Å²) < 4.78 is 13.3. The first-order valence-corrected chi connectivity index (χ1v) is 5.20. The number of aryl methyl sites for hydroxylation is 1. The topological polar surface area (TPSA) is 68.1 Å². The van der Waals surface area contributed by atoms with Crippen molar-refractivity contribution in [2.24, 2.45) is 0 Å². The molecule has 0 saturated carbocycles. The van der Waals surface area contributed by atoms with Crippen LogP contribution in [0.2, 0.25) is 0 Å². The second kappa shape index (κ2) is 4.79. The van der Waals surface area contributed by atoms with E-state index in [1.165, 1.54) is 24.4 Å². The molecule has 18 heavy (non-hydrogen) atoms. The third-order valence-electron chi connectivity index (χ3n) is 2.42. The lowest BCUT2D eigenvalue weighted by atomic mass is 10.2. The van der Waals surface area contributed by atoms with Crippen LogP contribution >= 0.6 is 0 Å². The Morgan fingerprint density at radius 3 is 2.83 bits per heavy atom. The van der Waals surface area contributed by atoms with Gasteiger partial charge in [0.2, 0.25) is 5.82 Å². The molecule has 1 N–H and O–H groups in total. The Bertz CT molecular complexity index is 602. The van der Waals surface area contributed by atoms with E-state index in [1.807, 2.05) is 0 Å². The highest BCUT2D eigenvalue weighted by Gasteiger charge is 2.14. The van der Waals surface area contributed by atoms with Crippen LogP contribution in [0, 0.1) is 22.9 Å². The van der Waals surface area contributed by atoms with Gasteiger partial charge in [0.25, 0.3) is 0 Å². The van der Waals surface area contributed by atoms with E-state index >= 15 is 0 Å². The number of hydrogen-bond donors (Lipinski definition) is 1. The smallest absolute Gasteiger partial charge is 0.311 e. The summed E-state index contributed by atoms with van der Waals surface area (Å²) in [6.45, 7) is 1.64. The van der Waals surface area contributed by atoms with Crippen molar-refractivity contribution in [1.29, 1.82) is 0 Å². The fourth-order valence-corrected chi connectivity index (χ4v) is 1.45. The van der Waals surface area contributed by atoms with Crippen molar-refractivity contribution in [2.75, 3.05) is 5.32 Å². The van der Waals surface area contributed by atoms with Crippen molar-refractivity contribution in [2.45, 2.75) is 6.92 Å². The Morgan fingerprint density at radius 1 is 1.39 bits per heavy atom. The molecule has 5 nitrogen and oxygen atoms in total. The molecule has 0 radical (unpaired) electrons. The molecule has 6 heteroatoms. The van der Waals surface area contributed by atoms with Crippen molar-refractivity contribution < 1.29 is 9.31 Å². The summed E-state index contributed by atoms with van der Waals surface area (Å²) in [4.78, 5) is 14.1. The van der Waals surface area contributed by atoms with Gasteiger partial charge in [0.15, 0.2) is 0 Å². The average Bonchev–Trinajstić information content (AvgIpc) is 2.34. The molecule has 1 aromatic heterocycles. The maximum absolute atomic E-state index is 13.3. The fraction of sp³-hybridized carbons (Fsp3) is 0.0833. The fourth-order valence-electron chi connectivity index (χ4n) is 1.45. The first-order chi connectivity index (χ1) is 8.58. The minimum atomic E-state index is -0.542. The SMILES string of the molecule is Cc1ccc(Nc2ncccc2[N+](=O)[O-])cc1F. The largest absolute Gasteiger partial charge is 0.334 e. The Morgan fingerprint density at radius 2 is 2.17 bits per heavy atom. The minimum absolute atomic E-state index is 0.0887. The number of aromatic nitrogens is 1. The van der Waals surface area contributed by atoms with Crippen molar-refractivity contribution in [3.05, 3.63) is 58.0 Å². The number of hydrogen-bond acceptors (Lipinski definition) is 4. The van der Waals surface area contributed by atoms with Gasteiger partial charge in [-0.25, -0.2) is 9.37 Å². The molecule has 1 aromatic carbocycles. The molecule has 2 rings (SSSR count). The highest BCUT2D eigenvalue weighted by molar-refractivity contribution is 5.65. The van der Waals surface area contributed by atoms with Crippen LogP contribution in [-0.4, -0.2) is 9.91 Å².